The minimum Gasteiger partial charge on any atom is -0.129 e. The Hall–Kier alpha value is -1.78. The topological polar surface area (TPSA) is 0 Å². The molecule has 1 aliphatic rings. The molecule has 0 fully saturated rings. The third kappa shape index (κ3) is 5.07. The zero-order chi connectivity index (χ0) is 14.2. The number of allylic oxidation sites excluding steroid dienone is 5. The molecule has 2 rings (SSSR count). The lowest BCUT2D eigenvalue weighted by molar-refractivity contribution is 0.738. The first kappa shape index (κ1) is 14.6. The number of aryl methyl sites for hydroxylation is 1. The van der Waals surface area contributed by atoms with Gasteiger partial charge in [0.05, 0.1) is 0 Å². The molecule has 0 N–H and O–H groups in total. The van der Waals surface area contributed by atoms with Gasteiger partial charge in [-0.1, -0.05) is 60.6 Å². The van der Waals surface area contributed by atoms with Gasteiger partial charge < -0.3 is 0 Å². The maximum absolute atomic E-state index is 3.29. The summed E-state index contributed by atoms with van der Waals surface area (Å²) in [6, 6.07) is 10.7. The van der Waals surface area contributed by atoms with Crippen molar-refractivity contribution in [2.75, 3.05) is 0 Å². The van der Waals surface area contributed by atoms with Crippen LogP contribution in [0.3, 0.4) is 0 Å². The Bertz CT molecular complexity index is 537. The quantitative estimate of drug-likeness (QED) is 0.620. The predicted molar refractivity (Wildman–Crippen MR) is 87.7 cm³/mol. The maximum Gasteiger partial charge on any atom is -0.00623 e. The van der Waals surface area contributed by atoms with Gasteiger partial charge in [-0.3, -0.25) is 0 Å². The molecular formula is C20H24. The molecule has 0 saturated carbocycles. The zero-order valence-corrected chi connectivity index (χ0v) is 12.6. The summed E-state index contributed by atoms with van der Waals surface area (Å²) in [4.78, 5) is 0. The molecule has 0 amide bonds. The van der Waals surface area contributed by atoms with Gasteiger partial charge >= 0.3 is 0 Å². The van der Waals surface area contributed by atoms with Crippen LogP contribution in [0.4, 0.5) is 0 Å². The summed E-state index contributed by atoms with van der Waals surface area (Å²) in [5, 5.41) is 0. The van der Waals surface area contributed by atoms with Crippen LogP contribution in [-0.2, 0) is 6.42 Å². The van der Waals surface area contributed by atoms with Crippen LogP contribution in [0, 0.1) is 5.92 Å². The van der Waals surface area contributed by atoms with Crippen molar-refractivity contribution in [1.82, 2.24) is 0 Å². The molecule has 20 heavy (non-hydrogen) atoms. The maximum atomic E-state index is 3.29. The van der Waals surface area contributed by atoms with Crippen LogP contribution in [0.25, 0.3) is 0 Å². The Morgan fingerprint density at radius 1 is 1.15 bits per heavy atom. The molecule has 0 nitrogen and oxygen atoms in total. The van der Waals surface area contributed by atoms with Gasteiger partial charge in [0.2, 0.25) is 0 Å². The normalized spacial score (nSPS) is 24.6. The van der Waals surface area contributed by atoms with Crippen LogP contribution in [0.15, 0.2) is 71.5 Å². The van der Waals surface area contributed by atoms with Crippen molar-refractivity contribution in [3.63, 3.8) is 0 Å². The van der Waals surface area contributed by atoms with Gasteiger partial charge in [0.25, 0.3) is 0 Å². The lowest BCUT2D eigenvalue weighted by Crippen LogP contribution is -1.92. The fraction of sp³-hybridized carbons (Fsp3) is 0.350. The summed E-state index contributed by atoms with van der Waals surface area (Å²) in [5.41, 5.74) is 7.60. The third-order valence-electron chi connectivity index (χ3n) is 3.65. The fourth-order valence-corrected chi connectivity index (χ4v) is 2.40. The second-order valence-corrected chi connectivity index (χ2v) is 5.71. The first-order chi connectivity index (χ1) is 9.74. The minimum atomic E-state index is 0.574. The standard InChI is InChI=1S/C20H24/c1-17-8-6-7-9-18(2)16-20(13-12-17)15-14-19-10-4-3-5-11-19/h3-5,7-8,10-11,13,16-17H,9,12,14-15H2,1-2H3/b18-16-,20-13-. The summed E-state index contributed by atoms with van der Waals surface area (Å²) in [5.74, 6) is 0.574. The van der Waals surface area contributed by atoms with E-state index in [9.17, 15) is 0 Å². The smallest absolute Gasteiger partial charge is 0.00623 e. The largest absolute Gasteiger partial charge is 0.129 e. The van der Waals surface area contributed by atoms with Crippen molar-refractivity contribution in [2.24, 2.45) is 5.92 Å². The van der Waals surface area contributed by atoms with Gasteiger partial charge in [-0.2, -0.15) is 0 Å². The minimum absolute atomic E-state index is 0.574. The van der Waals surface area contributed by atoms with Gasteiger partial charge in [-0.05, 0) is 56.2 Å². The molecule has 0 bridgehead atoms. The van der Waals surface area contributed by atoms with Gasteiger partial charge in [-0.25, -0.2) is 0 Å². The van der Waals surface area contributed by atoms with Crippen LogP contribution < -0.4 is 0 Å². The van der Waals surface area contributed by atoms with E-state index in [4.69, 9.17) is 0 Å². The number of hydrogen-bond acceptors (Lipinski definition) is 0. The van der Waals surface area contributed by atoms with Crippen LogP contribution in [0.2, 0.25) is 0 Å². The van der Waals surface area contributed by atoms with E-state index in [-0.39, 0.29) is 0 Å². The van der Waals surface area contributed by atoms with E-state index in [2.05, 4.69) is 74.2 Å². The van der Waals surface area contributed by atoms with Crippen LogP contribution in [0.5, 0.6) is 0 Å². The molecule has 0 saturated heterocycles. The molecule has 1 aromatic carbocycles. The second kappa shape index (κ2) is 7.72. The highest BCUT2D eigenvalue weighted by molar-refractivity contribution is 5.27. The van der Waals surface area contributed by atoms with E-state index in [1.54, 1.807) is 0 Å². The molecule has 1 atom stereocenters. The Labute approximate surface area is 123 Å². The highest BCUT2D eigenvalue weighted by atomic mass is 14.1. The third-order valence-corrected chi connectivity index (χ3v) is 3.65. The second-order valence-electron chi connectivity index (χ2n) is 5.71. The van der Waals surface area contributed by atoms with Gasteiger partial charge in [0.15, 0.2) is 0 Å². The molecule has 104 valence electrons. The Morgan fingerprint density at radius 3 is 2.75 bits per heavy atom. The van der Waals surface area contributed by atoms with E-state index < -0.39 is 0 Å². The van der Waals surface area contributed by atoms with E-state index in [0.717, 1.165) is 25.7 Å². The highest BCUT2D eigenvalue weighted by Gasteiger charge is 2.01. The van der Waals surface area contributed by atoms with E-state index in [1.807, 2.05) is 0 Å². The summed E-state index contributed by atoms with van der Waals surface area (Å²) in [6.07, 6.45) is 13.4. The van der Waals surface area contributed by atoms with Gasteiger partial charge in [-0.15, -0.1) is 5.73 Å². The lowest BCUT2D eigenvalue weighted by Gasteiger charge is -2.08. The fourth-order valence-electron chi connectivity index (χ4n) is 2.40. The highest BCUT2D eigenvalue weighted by Crippen LogP contribution is 2.18. The SMILES string of the molecule is C/C1=C/C(CCc2ccccc2)=C\CC(C)C=C=CC1. The van der Waals surface area contributed by atoms with Crippen LogP contribution >= 0.6 is 0 Å². The van der Waals surface area contributed by atoms with Crippen LogP contribution in [-0.4, -0.2) is 0 Å². The van der Waals surface area contributed by atoms with Crippen LogP contribution in [0.1, 0.15) is 38.7 Å². The lowest BCUT2D eigenvalue weighted by atomic mass is 9.97. The molecule has 0 aliphatic heterocycles. The summed E-state index contributed by atoms with van der Waals surface area (Å²) < 4.78 is 0. The first-order valence-corrected chi connectivity index (χ1v) is 7.55. The van der Waals surface area contributed by atoms with Crippen molar-refractivity contribution in [3.05, 3.63) is 77.1 Å². The van der Waals surface area contributed by atoms with Crippen molar-refractivity contribution >= 4 is 0 Å². The number of benzene rings is 1. The Balaban J connectivity index is 2.05. The van der Waals surface area contributed by atoms with Crippen molar-refractivity contribution in [1.29, 1.82) is 0 Å². The van der Waals surface area contributed by atoms with Gasteiger partial charge in [0, 0.05) is 0 Å². The van der Waals surface area contributed by atoms with E-state index in [0.29, 0.717) is 5.92 Å². The average Bonchev–Trinajstić information content (AvgIpc) is 2.47. The van der Waals surface area contributed by atoms with Crippen molar-refractivity contribution in [2.45, 2.75) is 39.5 Å². The van der Waals surface area contributed by atoms with Crippen molar-refractivity contribution in [3.8, 4) is 0 Å². The summed E-state index contributed by atoms with van der Waals surface area (Å²) in [7, 11) is 0. The average molecular weight is 264 g/mol. The molecule has 0 heterocycles. The summed E-state index contributed by atoms with van der Waals surface area (Å²) in [6.45, 7) is 4.46. The number of hydrogen-bond donors (Lipinski definition) is 0. The number of rotatable bonds is 3. The predicted octanol–water partition coefficient (Wildman–Crippen LogP) is 5.63. The molecule has 0 radical (unpaired) electrons. The molecule has 1 aliphatic carbocycles. The molecule has 0 heteroatoms. The van der Waals surface area contributed by atoms with E-state index in [1.165, 1.54) is 16.7 Å². The van der Waals surface area contributed by atoms with Gasteiger partial charge in [0.1, 0.15) is 0 Å². The Morgan fingerprint density at radius 2 is 1.95 bits per heavy atom. The Kier molecular flexibility index (Phi) is 5.65. The molecule has 0 spiro atoms. The molecule has 0 aromatic heterocycles. The monoisotopic (exact) mass is 264 g/mol. The van der Waals surface area contributed by atoms with E-state index >= 15 is 0 Å². The molecule has 1 aromatic rings. The zero-order valence-electron chi connectivity index (χ0n) is 12.6. The summed E-state index contributed by atoms with van der Waals surface area (Å²) >= 11 is 0. The molecular weight excluding hydrogens is 240 g/mol. The molecule has 1 unspecified atom stereocenters. The first-order valence-electron chi connectivity index (χ1n) is 7.55. The van der Waals surface area contributed by atoms with Crippen molar-refractivity contribution < 1.29 is 0 Å².